The summed E-state index contributed by atoms with van der Waals surface area (Å²) in [5.74, 6) is 1.22. The maximum atomic E-state index is 12.0. The predicted molar refractivity (Wildman–Crippen MR) is 91.3 cm³/mol. The summed E-state index contributed by atoms with van der Waals surface area (Å²) in [6.07, 6.45) is 7.92. The molecule has 1 aromatic heterocycles. The number of imidazole rings is 1. The van der Waals surface area contributed by atoms with Gasteiger partial charge in [0.1, 0.15) is 5.82 Å². The van der Waals surface area contributed by atoms with Gasteiger partial charge in [-0.3, -0.25) is 4.79 Å². The van der Waals surface area contributed by atoms with Crippen LogP contribution in [0.15, 0.2) is 36.5 Å². The van der Waals surface area contributed by atoms with Crippen LogP contribution in [0, 0.1) is 6.92 Å². The third kappa shape index (κ3) is 4.01. The van der Waals surface area contributed by atoms with E-state index >= 15 is 0 Å². The molecule has 2 aromatic rings. The molecule has 1 aromatic carbocycles. The van der Waals surface area contributed by atoms with Gasteiger partial charge in [0.05, 0.1) is 0 Å². The molecule has 1 heterocycles. The Kier molecular flexibility index (Phi) is 5.11. The van der Waals surface area contributed by atoms with E-state index in [2.05, 4.69) is 33.9 Å². The van der Waals surface area contributed by atoms with E-state index in [0.29, 0.717) is 19.0 Å². The standard InChI is InChI=1S/C19H25N3O/c1-15-14-21-18(22(15)17-8-5-9-17)12-13-20-19(23)11-10-16-6-3-2-4-7-16/h2-4,6-7,14,17H,5,8-13H2,1H3,(H,20,23). The Hall–Kier alpha value is -2.10. The molecule has 0 spiro atoms. The molecule has 23 heavy (non-hydrogen) atoms. The minimum atomic E-state index is 0.118. The van der Waals surface area contributed by atoms with Crippen LogP contribution in [0.5, 0.6) is 0 Å². The molecule has 3 rings (SSSR count). The number of rotatable bonds is 7. The van der Waals surface area contributed by atoms with Gasteiger partial charge in [0.25, 0.3) is 0 Å². The number of hydrogen-bond donors (Lipinski definition) is 1. The average molecular weight is 311 g/mol. The molecule has 0 atom stereocenters. The van der Waals surface area contributed by atoms with Gasteiger partial charge in [-0.25, -0.2) is 4.98 Å². The maximum absolute atomic E-state index is 12.0. The van der Waals surface area contributed by atoms with Crippen LogP contribution in [0.1, 0.15) is 48.8 Å². The summed E-state index contributed by atoms with van der Waals surface area (Å²) in [5.41, 5.74) is 2.44. The molecule has 1 aliphatic carbocycles. The molecule has 1 saturated carbocycles. The number of nitrogens with zero attached hydrogens (tertiary/aromatic N) is 2. The van der Waals surface area contributed by atoms with Crippen LogP contribution >= 0.6 is 0 Å². The van der Waals surface area contributed by atoms with E-state index in [1.54, 1.807) is 0 Å². The van der Waals surface area contributed by atoms with Gasteiger partial charge in [0.2, 0.25) is 5.91 Å². The molecule has 1 fully saturated rings. The van der Waals surface area contributed by atoms with Crippen LogP contribution in [-0.4, -0.2) is 22.0 Å². The van der Waals surface area contributed by atoms with Crippen molar-refractivity contribution in [2.45, 2.75) is 51.5 Å². The highest BCUT2D eigenvalue weighted by Gasteiger charge is 2.23. The van der Waals surface area contributed by atoms with Gasteiger partial charge < -0.3 is 9.88 Å². The SMILES string of the molecule is Cc1cnc(CCNC(=O)CCc2ccccc2)n1C1CCC1. The number of carbonyl (C=O) groups is 1. The van der Waals surface area contributed by atoms with Crippen molar-refractivity contribution in [2.75, 3.05) is 6.54 Å². The Labute approximate surface area is 137 Å². The summed E-state index contributed by atoms with van der Waals surface area (Å²) < 4.78 is 2.36. The summed E-state index contributed by atoms with van der Waals surface area (Å²) in [6, 6.07) is 10.8. The number of amides is 1. The fraction of sp³-hybridized carbons (Fsp3) is 0.474. The fourth-order valence-corrected chi connectivity index (χ4v) is 3.13. The zero-order chi connectivity index (χ0) is 16.1. The van der Waals surface area contributed by atoms with Gasteiger partial charge in [-0.2, -0.15) is 0 Å². The van der Waals surface area contributed by atoms with Gasteiger partial charge in [-0.15, -0.1) is 0 Å². The third-order valence-electron chi connectivity index (χ3n) is 4.65. The minimum absolute atomic E-state index is 0.118. The second kappa shape index (κ2) is 7.44. The first kappa shape index (κ1) is 15.8. The van der Waals surface area contributed by atoms with Crippen LogP contribution in [0.25, 0.3) is 0 Å². The van der Waals surface area contributed by atoms with Gasteiger partial charge in [0.15, 0.2) is 0 Å². The lowest BCUT2D eigenvalue weighted by molar-refractivity contribution is -0.121. The number of benzene rings is 1. The highest BCUT2D eigenvalue weighted by molar-refractivity contribution is 5.76. The largest absolute Gasteiger partial charge is 0.356 e. The smallest absolute Gasteiger partial charge is 0.220 e. The summed E-state index contributed by atoms with van der Waals surface area (Å²) in [6.45, 7) is 2.78. The molecule has 4 heteroatoms. The van der Waals surface area contributed by atoms with Crippen LogP contribution in [-0.2, 0) is 17.6 Å². The summed E-state index contributed by atoms with van der Waals surface area (Å²) in [7, 11) is 0. The van der Waals surface area contributed by atoms with Crippen molar-refractivity contribution >= 4 is 5.91 Å². The first-order valence-corrected chi connectivity index (χ1v) is 8.57. The Morgan fingerprint density at radius 3 is 2.74 bits per heavy atom. The Morgan fingerprint density at radius 1 is 1.26 bits per heavy atom. The first-order valence-electron chi connectivity index (χ1n) is 8.57. The topological polar surface area (TPSA) is 46.9 Å². The second-order valence-corrected chi connectivity index (χ2v) is 6.36. The van der Waals surface area contributed by atoms with Crippen molar-refractivity contribution < 1.29 is 4.79 Å². The monoisotopic (exact) mass is 311 g/mol. The highest BCUT2D eigenvalue weighted by atomic mass is 16.1. The molecular formula is C19H25N3O. The number of hydrogen-bond acceptors (Lipinski definition) is 2. The van der Waals surface area contributed by atoms with E-state index in [9.17, 15) is 4.79 Å². The Balaban J connectivity index is 1.43. The van der Waals surface area contributed by atoms with Gasteiger partial charge in [-0.05, 0) is 38.2 Å². The second-order valence-electron chi connectivity index (χ2n) is 6.36. The minimum Gasteiger partial charge on any atom is -0.356 e. The van der Waals surface area contributed by atoms with Crippen molar-refractivity contribution in [3.63, 3.8) is 0 Å². The van der Waals surface area contributed by atoms with Crippen molar-refractivity contribution in [3.8, 4) is 0 Å². The lowest BCUT2D eigenvalue weighted by Gasteiger charge is -2.29. The quantitative estimate of drug-likeness (QED) is 0.853. The van der Waals surface area contributed by atoms with E-state index in [4.69, 9.17) is 0 Å². The normalized spacial score (nSPS) is 14.5. The zero-order valence-corrected chi connectivity index (χ0v) is 13.8. The number of aromatic nitrogens is 2. The molecule has 1 amide bonds. The van der Waals surface area contributed by atoms with E-state index in [0.717, 1.165) is 18.7 Å². The van der Waals surface area contributed by atoms with Crippen LogP contribution in [0.2, 0.25) is 0 Å². The molecule has 1 N–H and O–H groups in total. The number of nitrogens with one attached hydrogen (secondary N) is 1. The molecule has 122 valence electrons. The van der Waals surface area contributed by atoms with Crippen LogP contribution in [0.4, 0.5) is 0 Å². The first-order chi connectivity index (χ1) is 11.2. The van der Waals surface area contributed by atoms with Crippen molar-refractivity contribution in [3.05, 3.63) is 53.6 Å². The number of aryl methyl sites for hydroxylation is 2. The van der Waals surface area contributed by atoms with E-state index in [-0.39, 0.29) is 5.91 Å². The van der Waals surface area contributed by atoms with Crippen LogP contribution in [0.3, 0.4) is 0 Å². The van der Waals surface area contributed by atoms with Gasteiger partial charge in [-0.1, -0.05) is 30.3 Å². The molecular weight excluding hydrogens is 286 g/mol. The van der Waals surface area contributed by atoms with Gasteiger partial charge in [0, 0.05) is 37.3 Å². The Morgan fingerprint density at radius 2 is 2.04 bits per heavy atom. The zero-order valence-electron chi connectivity index (χ0n) is 13.8. The van der Waals surface area contributed by atoms with Gasteiger partial charge >= 0.3 is 0 Å². The van der Waals surface area contributed by atoms with Crippen molar-refractivity contribution in [2.24, 2.45) is 0 Å². The van der Waals surface area contributed by atoms with E-state index < -0.39 is 0 Å². The maximum Gasteiger partial charge on any atom is 0.220 e. The molecule has 0 radical (unpaired) electrons. The summed E-state index contributed by atoms with van der Waals surface area (Å²) >= 11 is 0. The molecule has 1 aliphatic rings. The van der Waals surface area contributed by atoms with E-state index in [1.165, 1.54) is 30.5 Å². The van der Waals surface area contributed by atoms with E-state index in [1.807, 2.05) is 24.4 Å². The molecule has 4 nitrogen and oxygen atoms in total. The lowest BCUT2D eigenvalue weighted by atomic mass is 9.92. The highest BCUT2D eigenvalue weighted by Crippen LogP contribution is 2.33. The number of carbonyl (C=O) groups excluding carboxylic acids is 1. The van der Waals surface area contributed by atoms with Crippen molar-refractivity contribution in [1.29, 1.82) is 0 Å². The predicted octanol–water partition coefficient (Wildman–Crippen LogP) is 3.21. The summed E-state index contributed by atoms with van der Waals surface area (Å²) in [5, 5.41) is 3.02. The fourth-order valence-electron chi connectivity index (χ4n) is 3.13. The van der Waals surface area contributed by atoms with Crippen LogP contribution < -0.4 is 5.32 Å². The molecule has 0 aliphatic heterocycles. The van der Waals surface area contributed by atoms with Crippen molar-refractivity contribution in [1.82, 2.24) is 14.9 Å². The molecule has 0 unspecified atom stereocenters. The summed E-state index contributed by atoms with van der Waals surface area (Å²) in [4.78, 5) is 16.5. The Bertz CT molecular complexity index is 644. The molecule has 0 bridgehead atoms. The lowest BCUT2D eigenvalue weighted by Crippen LogP contribution is -2.28. The average Bonchev–Trinajstić information content (AvgIpc) is 2.86. The third-order valence-corrected chi connectivity index (χ3v) is 4.65. The molecule has 0 saturated heterocycles.